The van der Waals surface area contributed by atoms with Gasteiger partial charge in [0.15, 0.2) is 5.43 Å². The summed E-state index contributed by atoms with van der Waals surface area (Å²) in [6.07, 6.45) is 5.04. The minimum Gasteiger partial charge on any atom is -0.481 e. The molecular weight excluding hydrogens is 320 g/mol. The Labute approximate surface area is 145 Å². The summed E-state index contributed by atoms with van der Waals surface area (Å²) in [7, 11) is 0. The van der Waals surface area contributed by atoms with Gasteiger partial charge in [-0.3, -0.25) is 14.4 Å². The van der Waals surface area contributed by atoms with Crippen molar-refractivity contribution in [3.8, 4) is 0 Å². The molecule has 0 saturated carbocycles. The van der Waals surface area contributed by atoms with Crippen molar-refractivity contribution < 1.29 is 14.7 Å². The number of aliphatic carboxylic acids is 1. The Morgan fingerprint density at radius 2 is 1.96 bits per heavy atom. The second kappa shape index (κ2) is 7.51. The van der Waals surface area contributed by atoms with E-state index < -0.39 is 5.97 Å². The summed E-state index contributed by atoms with van der Waals surface area (Å²) >= 11 is 0. The van der Waals surface area contributed by atoms with E-state index in [9.17, 15) is 14.4 Å². The average Bonchev–Trinajstić information content (AvgIpc) is 2.62. The van der Waals surface area contributed by atoms with E-state index >= 15 is 0 Å². The predicted octanol–water partition coefficient (Wildman–Crippen LogP) is 2.25. The molecule has 1 aliphatic rings. The molecule has 1 aromatic heterocycles. The molecule has 3 rings (SSSR count). The van der Waals surface area contributed by atoms with Gasteiger partial charge in [-0.15, -0.1) is 0 Å². The lowest BCUT2D eigenvalue weighted by molar-refractivity contribution is -0.140. The number of benzene rings is 1. The Balaban J connectivity index is 1.80. The fraction of sp³-hybridized carbons (Fsp3) is 0.421. The molecule has 2 heterocycles. The number of piperidine rings is 1. The highest BCUT2D eigenvalue weighted by Gasteiger charge is 2.27. The Morgan fingerprint density at radius 1 is 1.16 bits per heavy atom. The van der Waals surface area contributed by atoms with Crippen LogP contribution in [0.2, 0.25) is 0 Å². The van der Waals surface area contributed by atoms with Gasteiger partial charge in [0.1, 0.15) is 6.54 Å². The number of nitrogens with zero attached hydrogens (tertiary/aromatic N) is 2. The second-order valence-electron chi connectivity index (χ2n) is 6.49. The first kappa shape index (κ1) is 17.2. The first-order valence-corrected chi connectivity index (χ1v) is 8.66. The first-order valence-electron chi connectivity index (χ1n) is 8.66. The first-order chi connectivity index (χ1) is 12.1. The number of likely N-dealkylation sites (tertiary alicyclic amines) is 1. The van der Waals surface area contributed by atoms with Gasteiger partial charge in [-0.25, -0.2) is 0 Å². The maximum absolute atomic E-state index is 12.8. The van der Waals surface area contributed by atoms with Crippen molar-refractivity contribution in [3.63, 3.8) is 0 Å². The molecule has 0 aliphatic carbocycles. The zero-order valence-electron chi connectivity index (χ0n) is 14.1. The molecular formula is C19H22N2O4. The normalized spacial score (nSPS) is 17.6. The number of carbonyl (C=O) groups is 2. The number of carbonyl (C=O) groups excluding carboxylic acids is 1. The molecule has 1 N–H and O–H groups in total. The molecule has 2 aromatic rings. The molecule has 0 spiro atoms. The molecule has 6 heteroatoms. The van der Waals surface area contributed by atoms with Gasteiger partial charge in [-0.05, 0) is 37.8 Å². The van der Waals surface area contributed by atoms with Crippen LogP contribution in [0, 0.1) is 0 Å². The lowest BCUT2D eigenvalue weighted by atomic mass is 9.98. The third-order valence-electron chi connectivity index (χ3n) is 4.83. The van der Waals surface area contributed by atoms with Crippen LogP contribution in [0.1, 0.15) is 32.1 Å². The van der Waals surface area contributed by atoms with E-state index in [1.54, 1.807) is 16.8 Å². The van der Waals surface area contributed by atoms with Gasteiger partial charge in [-0.1, -0.05) is 12.1 Å². The van der Waals surface area contributed by atoms with Gasteiger partial charge in [0, 0.05) is 36.7 Å². The molecule has 1 unspecified atom stereocenters. The number of aromatic nitrogens is 1. The molecule has 0 bridgehead atoms. The fourth-order valence-corrected chi connectivity index (χ4v) is 3.55. The predicted molar refractivity (Wildman–Crippen MR) is 94.4 cm³/mol. The number of hydrogen-bond acceptors (Lipinski definition) is 3. The van der Waals surface area contributed by atoms with Crippen LogP contribution in [0.5, 0.6) is 0 Å². The van der Waals surface area contributed by atoms with Crippen LogP contribution in [0.15, 0.2) is 41.3 Å². The maximum atomic E-state index is 12.8. The van der Waals surface area contributed by atoms with E-state index in [1.165, 1.54) is 6.07 Å². The van der Waals surface area contributed by atoms with Crippen LogP contribution < -0.4 is 5.43 Å². The second-order valence-corrected chi connectivity index (χ2v) is 6.49. The number of para-hydroxylation sites is 1. The van der Waals surface area contributed by atoms with Crippen molar-refractivity contribution in [2.45, 2.75) is 44.7 Å². The smallest absolute Gasteiger partial charge is 0.303 e. The van der Waals surface area contributed by atoms with Crippen molar-refractivity contribution in [3.05, 3.63) is 46.8 Å². The van der Waals surface area contributed by atoms with Crippen molar-refractivity contribution in [2.75, 3.05) is 6.54 Å². The van der Waals surface area contributed by atoms with E-state index in [2.05, 4.69) is 0 Å². The molecule has 1 fully saturated rings. The lowest BCUT2D eigenvalue weighted by Gasteiger charge is -2.36. The molecule has 132 valence electrons. The largest absolute Gasteiger partial charge is 0.481 e. The molecule has 1 amide bonds. The summed E-state index contributed by atoms with van der Waals surface area (Å²) in [6.45, 7) is 0.825. The van der Waals surface area contributed by atoms with Gasteiger partial charge in [0.05, 0.1) is 5.52 Å². The van der Waals surface area contributed by atoms with Crippen molar-refractivity contribution in [1.29, 1.82) is 0 Å². The Bertz CT molecular complexity index is 843. The number of hydrogen-bond donors (Lipinski definition) is 1. The minimum absolute atomic E-state index is 0.0111. The minimum atomic E-state index is -0.829. The molecule has 6 nitrogen and oxygen atoms in total. The standard InChI is InChI=1S/C19H22N2O4/c22-17-10-12-20(16-7-2-1-6-15(16)17)13-18(23)21-11-4-3-5-14(21)8-9-19(24)25/h1-2,6-7,10,12,14H,3-5,8-9,11,13H2,(H,24,25). The topological polar surface area (TPSA) is 79.6 Å². The summed E-state index contributed by atoms with van der Waals surface area (Å²) in [6, 6.07) is 8.72. The summed E-state index contributed by atoms with van der Waals surface area (Å²) in [4.78, 5) is 37.5. The van der Waals surface area contributed by atoms with Crippen LogP contribution in [0.25, 0.3) is 10.9 Å². The van der Waals surface area contributed by atoms with E-state index in [0.29, 0.717) is 18.4 Å². The zero-order valence-corrected chi connectivity index (χ0v) is 14.1. The van der Waals surface area contributed by atoms with E-state index in [0.717, 1.165) is 24.8 Å². The zero-order chi connectivity index (χ0) is 17.8. The van der Waals surface area contributed by atoms with Gasteiger partial charge in [-0.2, -0.15) is 0 Å². The SMILES string of the molecule is O=C(O)CCC1CCCCN1C(=O)Cn1ccc(=O)c2ccccc21. The highest BCUT2D eigenvalue weighted by molar-refractivity contribution is 5.82. The average molecular weight is 342 g/mol. The summed E-state index contributed by atoms with van der Waals surface area (Å²) in [5, 5.41) is 9.51. The molecule has 1 saturated heterocycles. The molecule has 1 atom stereocenters. The monoisotopic (exact) mass is 342 g/mol. The van der Waals surface area contributed by atoms with Crippen LogP contribution in [0.3, 0.4) is 0 Å². The van der Waals surface area contributed by atoms with Gasteiger partial charge in [0.2, 0.25) is 5.91 Å². The van der Waals surface area contributed by atoms with E-state index in [-0.39, 0.29) is 30.3 Å². The number of fused-ring (bicyclic) bond motifs is 1. The van der Waals surface area contributed by atoms with Crippen molar-refractivity contribution in [1.82, 2.24) is 9.47 Å². The van der Waals surface area contributed by atoms with Gasteiger partial charge in [0.25, 0.3) is 0 Å². The molecule has 1 aromatic carbocycles. The number of carboxylic acids is 1. The third-order valence-corrected chi connectivity index (χ3v) is 4.83. The molecule has 0 radical (unpaired) electrons. The van der Waals surface area contributed by atoms with Gasteiger partial charge < -0.3 is 14.6 Å². The molecule has 1 aliphatic heterocycles. The van der Waals surface area contributed by atoms with E-state index in [1.807, 2.05) is 23.1 Å². The highest BCUT2D eigenvalue weighted by atomic mass is 16.4. The van der Waals surface area contributed by atoms with Crippen LogP contribution >= 0.6 is 0 Å². The number of rotatable bonds is 5. The highest BCUT2D eigenvalue weighted by Crippen LogP contribution is 2.22. The Hall–Kier alpha value is -2.63. The van der Waals surface area contributed by atoms with Crippen molar-refractivity contribution >= 4 is 22.8 Å². The Kier molecular flexibility index (Phi) is 5.16. The summed E-state index contributed by atoms with van der Waals surface area (Å²) in [5.41, 5.74) is 0.680. The van der Waals surface area contributed by atoms with E-state index in [4.69, 9.17) is 5.11 Å². The number of pyridine rings is 1. The fourth-order valence-electron chi connectivity index (χ4n) is 3.55. The maximum Gasteiger partial charge on any atom is 0.303 e. The molecule has 25 heavy (non-hydrogen) atoms. The lowest BCUT2D eigenvalue weighted by Crippen LogP contribution is -2.45. The van der Waals surface area contributed by atoms with Crippen LogP contribution in [0.4, 0.5) is 0 Å². The number of carboxylic acid groups (broad SMARTS) is 1. The Morgan fingerprint density at radius 3 is 2.76 bits per heavy atom. The third kappa shape index (κ3) is 3.90. The van der Waals surface area contributed by atoms with Gasteiger partial charge >= 0.3 is 5.97 Å². The summed E-state index contributed by atoms with van der Waals surface area (Å²) in [5.74, 6) is -0.853. The number of amides is 1. The van der Waals surface area contributed by atoms with Crippen molar-refractivity contribution in [2.24, 2.45) is 0 Å². The summed E-state index contributed by atoms with van der Waals surface area (Å²) < 4.78 is 1.79. The van der Waals surface area contributed by atoms with Crippen LogP contribution in [-0.2, 0) is 16.1 Å². The quantitative estimate of drug-likeness (QED) is 0.904. The van der Waals surface area contributed by atoms with Crippen LogP contribution in [-0.4, -0.2) is 39.0 Å².